The third kappa shape index (κ3) is 5.03. The second kappa shape index (κ2) is 9.45. The van der Waals surface area contributed by atoms with Gasteiger partial charge in [0.25, 0.3) is 5.91 Å². The fourth-order valence-corrected chi connectivity index (χ4v) is 3.70. The molecule has 2 heterocycles. The number of nitrogens with zero attached hydrogens (tertiary/aromatic N) is 3. The highest BCUT2D eigenvalue weighted by Crippen LogP contribution is 2.20. The van der Waals surface area contributed by atoms with E-state index in [1.807, 2.05) is 6.07 Å². The zero-order valence-corrected chi connectivity index (χ0v) is 16.0. The van der Waals surface area contributed by atoms with E-state index in [9.17, 15) is 9.18 Å². The van der Waals surface area contributed by atoms with Crippen LogP contribution >= 0.6 is 11.8 Å². The van der Waals surface area contributed by atoms with Gasteiger partial charge in [-0.15, -0.1) is 11.8 Å². The summed E-state index contributed by atoms with van der Waals surface area (Å²) in [6, 6.07) is 10.2. The Balaban J connectivity index is 1.42. The van der Waals surface area contributed by atoms with Crippen LogP contribution in [0, 0.1) is 5.82 Å². The van der Waals surface area contributed by atoms with Crippen LogP contribution in [-0.4, -0.2) is 67.2 Å². The van der Waals surface area contributed by atoms with Crippen LogP contribution in [0.1, 0.15) is 10.6 Å². The number of halogens is 1. The molecule has 1 N–H and O–H groups in total. The first-order chi connectivity index (χ1) is 13.2. The van der Waals surface area contributed by atoms with Crippen molar-refractivity contribution in [2.45, 2.75) is 4.90 Å². The summed E-state index contributed by atoms with van der Waals surface area (Å²) in [4.78, 5) is 21.2. The molecule has 1 aromatic heterocycles. The van der Waals surface area contributed by atoms with Gasteiger partial charge in [-0.1, -0.05) is 12.1 Å². The summed E-state index contributed by atoms with van der Waals surface area (Å²) in [7, 11) is 1.74. The average Bonchev–Trinajstić information content (AvgIpc) is 3.24. The van der Waals surface area contributed by atoms with Gasteiger partial charge in [-0.25, -0.2) is 4.39 Å². The summed E-state index contributed by atoms with van der Waals surface area (Å²) in [6.45, 7) is 3.31. The van der Waals surface area contributed by atoms with Crippen LogP contribution in [-0.2, 0) is 0 Å². The van der Waals surface area contributed by atoms with E-state index in [1.54, 1.807) is 36.2 Å². The van der Waals surface area contributed by atoms with Crippen molar-refractivity contribution < 1.29 is 13.6 Å². The molecule has 8 heteroatoms. The number of aliphatic imine (C=N–C) groups is 1. The summed E-state index contributed by atoms with van der Waals surface area (Å²) in [5.74, 6) is 1.63. The number of hydrogen-bond donors (Lipinski definition) is 1. The Morgan fingerprint density at radius 2 is 1.93 bits per heavy atom. The van der Waals surface area contributed by atoms with E-state index >= 15 is 0 Å². The zero-order chi connectivity index (χ0) is 19.1. The zero-order valence-electron chi connectivity index (χ0n) is 15.2. The van der Waals surface area contributed by atoms with Crippen LogP contribution in [0.25, 0.3) is 0 Å². The maximum atomic E-state index is 13.6. The van der Waals surface area contributed by atoms with E-state index < -0.39 is 0 Å². The highest BCUT2D eigenvalue weighted by molar-refractivity contribution is 7.99. The van der Waals surface area contributed by atoms with E-state index in [2.05, 4.69) is 15.2 Å². The van der Waals surface area contributed by atoms with Gasteiger partial charge in [0, 0.05) is 50.4 Å². The van der Waals surface area contributed by atoms with Crippen LogP contribution in [0.3, 0.4) is 0 Å². The topological polar surface area (TPSA) is 61.1 Å². The van der Waals surface area contributed by atoms with E-state index in [0.29, 0.717) is 43.4 Å². The third-order valence-corrected chi connectivity index (χ3v) is 5.34. The molecule has 6 nitrogen and oxygen atoms in total. The molecule has 1 saturated heterocycles. The first-order valence-electron chi connectivity index (χ1n) is 8.84. The number of rotatable bonds is 5. The molecular weight excluding hydrogens is 367 g/mol. The number of carbonyl (C=O) groups excluding carboxylic acids is 1. The van der Waals surface area contributed by atoms with Crippen molar-refractivity contribution in [1.82, 2.24) is 15.1 Å². The van der Waals surface area contributed by atoms with Crippen LogP contribution in [0.15, 0.2) is 57.0 Å². The van der Waals surface area contributed by atoms with Gasteiger partial charge in [0.05, 0.1) is 6.26 Å². The lowest BCUT2D eigenvalue weighted by molar-refractivity contribution is 0.0658. The van der Waals surface area contributed by atoms with Gasteiger partial charge < -0.3 is 19.5 Å². The maximum Gasteiger partial charge on any atom is 0.289 e. The molecule has 0 spiro atoms. The monoisotopic (exact) mass is 390 g/mol. The second-order valence-electron chi connectivity index (χ2n) is 6.01. The number of furan rings is 1. The number of benzene rings is 1. The van der Waals surface area contributed by atoms with Crippen molar-refractivity contribution >= 4 is 23.6 Å². The van der Waals surface area contributed by atoms with Gasteiger partial charge in [-0.05, 0) is 24.3 Å². The molecule has 0 saturated carbocycles. The Morgan fingerprint density at radius 1 is 1.19 bits per heavy atom. The van der Waals surface area contributed by atoms with E-state index in [0.717, 1.165) is 11.7 Å². The molecule has 1 fully saturated rings. The molecule has 3 rings (SSSR count). The fraction of sp³-hybridized carbons (Fsp3) is 0.368. The molecule has 0 aliphatic carbocycles. The SMILES string of the molecule is CN=C(NCCSc1ccccc1F)N1CCN(C(=O)c2ccco2)CC1. The maximum absolute atomic E-state index is 13.6. The minimum absolute atomic E-state index is 0.0797. The Morgan fingerprint density at radius 3 is 2.59 bits per heavy atom. The number of carbonyl (C=O) groups is 1. The van der Waals surface area contributed by atoms with Crippen LogP contribution in [0.4, 0.5) is 4.39 Å². The van der Waals surface area contributed by atoms with Crippen molar-refractivity contribution in [3.8, 4) is 0 Å². The van der Waals surface area contributed by atoms with E-state index in [1.165, 1.54) is 24.1 Å². The summed E-state index contributed by atoms with van der Waals surface area (Å²) in [5.41, 5.74) is 0. The smallest absolute Gasteiger partial charge is 0.289 e. The molecule has 1 amide bonds. The molecule has 2 aromatic rings. The van der Waals surface area contributed by atoms with Crippen molar-refractivity contribution in [2.75, 3.05) is 45.5 Å². The summed E-state index contributed by atoms with van der Waals surface area (Å²) in [5, 5.41) is 3.31. The highest BCUT2D eigenvalue weighted by atomic mass is 32.2. The summed E-state index contributed by atoms with van der Waals surface area (Å²) >= 11 is 1.47. The summed E-state index contributed by atoms with van der Waals surface area (Å²) < 4.78 is 18.8. The third-order valence-electron chi connectivity index (χ3n) is 4.29. The van der Waals surface area contributed by atoms with Gasteiger partial charge in [0.15, 0.2) is 11.7 Å². The van der Waals surface area contributed by atoms with Crippen molar-refractivity contribution in [3.05, 3.63) is 54.2 Å². The molecule has 27 heavy (non-hydrogen) atoms. The Hall–Kier alpha value is -2.48. The van der Waals surface area contributed by atoms with Gasteiger partial charge in [-0.3, -0.25) is 9.79 Å². The van der Waals surface area contributed by atoms with Gasteiger partial charge in [-0.2, -0.15) is 0 Å². The molecule has 1 aromatic carbocycles. The normalized spacial score (nSPS) is 15.1. The number of amides is 1. The predicted octanol–water partition coefficient (Wildman–Crippen LogP) is 2.54. The minimum Gasteiger partial charge on any atom is -0.459 e. The van der Waals surface area contributed by atoms with Gasteiger partial charge in [0.1, 0.15) is 5.82 Å². The van der Waals surface area contributed by atoms with E-state index in [4.69, 9.17) is 4.42 Å². The van der Waals surface area contributed by atoms with E-state index in [-0.39, 0.29) is 11.7 Å². The van der Waals surface area contributed by atoms with Crippen molar-refractivity contribution in [3.63, 3.8) is 0 Å². The lowest BCUT2D eigenvalue weighted by Gasteiger charge is -2.36. The van der Waals surface area contributed by atoms with Gasteiger partial charge in [0.2, 0.25) is 0 Å². The Labute approximate surface area is 162 Å². The summed E-state index contributed by atoms with van der Waals surface area (Å²) in [6.07, 6.45) is 1.51. The van der Waals surface area contributed by atoms with Crippen molar-refractivity contribution in [2.24, 2.45) is 4.99 Å². The van der Waals surface area contributed by atoms with Crippen molar-refractivity contribution in [1.29, 1.82) is 0 Å². The second-order valence-corrected chi connectivity index (χ2v) is 7.15. The standard InChI is InChI=1S/C19H23FN4O2S/c1-21-19(22-8-14-27-17-7-3-2-5-15(17)20)24-11-9-23(10-12-24)18(25)16-6-4-13-26-16/h2-7,13H,8-12,14H2,1H3,(H,21,22). The first-order valence-corrected chi connectivity index (χ1v) is 9.83. The minimum atomic E-state index is -0.191. The predicted molar refractivity (Wildman–Crippen MR) is 105 cm³/mol. The molecule has 0 bridgehead atoms. The van der Waals surface area contributed by atoms with Crippen LogP contribution in [0.2, 0.25) is 0 Å². The molecule has 0 unspecified atom stereocenters. The van der Waals surface area contributed by atoms with Crippen LogP contribution < -0.4 is 5.32 Å². The number of thioether (sulfide) groups is 1. The number of nitrogens with one attached hydrogen (secondary N) is 1. The average molecular weight is 390 g/mol. The first kappa shape index (κ1) is 19.3. The van der Waals surface area contributed by atoms with Crippen LogP contribution in [0.5, 0.6) is 0 Å². The Kier molecular flexibility index (Phi) is 6.75. The molecular formula is C19H23FN4O2S. The van der Waals surface area contributed by atoms with Gasteiger partial charge >= 0.3 is 0 Å². The molecule has 0 radical (unpaired) electrons. The highest BCUT2D eigenvalue weighted by Gasteiger charge is 2.25. The lowest BCUT2D eigenvalue weighted by atomic mass is 10.3. The number of guanidine groups is 1. The Bertz CT molecular complexity index is 774. The lowest BCUT2D eigenvalue weighted by Crippen LogP contribution is -2.54. The largest absolute Gasteiger partial charge is 0.459 e. The number of piperazine rings is 1. The number of hydrogen-bond acceptors (Lipinski definition) is 4. The molecule has 1 aliphatic rings. The molecule has 0 atom stereocenters. The molecule has 1 aliphatic heterocycles. The molecule has 144 valence electrons. The quantitative estimate of drug-likeness (QED) is 0.368. The fourth-order valence-electron chi connectivity index (χ4n) is 2.90.